The Bertz CT molecular complexity index is 1480. The molecule has 5 rings (SSSR count). The van der Waals surface area contributed by atoms with Gasteiger partial charge in [0.2, 0.25) is 15.9 Å². The van der Waals surface area contributed by atoms with E-state index < -0.39 is 16.0 Å². The molecule has 0 fully saturated rings. The van der Waals surface area contributed by atoms with Gasteiger partial charge in [0.1, 0.15) is 0 Å². The number of esters is 1. The van der Waals surface area contributed by atoms with Crippen molar-refractivity contribution in [3.05, 3.63) is 71.4 Å². The second-order valence-electron chi connectivity index (χ2n) is 7.75. The summed E-state index contributed by atoms with van der Waals surface area (Å²) in [7, 11) is -0.973. The molecule has 1 aliphatic heterocycles. The molecule has 0 unspecified atom stereocenters. The number of hydrogen-bond donors (Lipinski definition) is 0. The first-order chi connectivity index (χ1) is 16.4. The third-order valence-corrected chi connectivity index (χ3v) is 7.67. The van der Waals surface area contributed by atoms with Crippen molar-refractivity contribution in [3.8, 4) is 23.0 Å². The van der Waals surface area contributed by atoms with E-state index in [-0.39, 0.29) is 29.4 Å². The molecular weight excluding hydrogens is 458 g/mol. The van der Waals surface area contributed by atoms with Crippen LogP contribution in [0.1, 0.15) is 21.6 Å². The number of ether oxygens (including phenoxy) is 1. The molecule has 0 bridgehead atoms. The molecule has 2 aromatic carbocycles. The first-order valence-corrected chi connectivity index (χ1v) is 12.0. The first-order valence-electron chi connectivity index (χ1n) is 10.5. The van der Waals surface area contributed by atoms with Crippen LogP contribution in [0.2, 0.25) is 0 Å². The van der Waals surface area contributed by atoms with E-state index in [0.717, 1.165) is 11.3 Å². The van der Waals surface area contributed by atoms with Crippen molar-refractivity contribution < 1.29 is 22.4 Å². The van der Waals surface area contributed by atoms with E-state index in [9.17, 15) is 13.2 Å². The summed E-state index contributed by atoms with van der Waals surface area (Å²) in [6, 6.07) is 15.4. The van der Waals surface area contributed by atoms with Gasteiger partial charge in [0.25, 0.3) is 5.89 Å². The molecule has 0 atom stereocenters. The minimum atomic E-state index is -3.99. The van der Waals surface area contributed by atoms with Gasteiger partial charge in [-0.2, -0.15) is 9.40 Å². The SMILES string of the molecule is COC(=O)c1ccccc1S(=O)(=O)N1CCc2c(c(-c3nnc(-c4ccccc4)o3)nn2C)C1. The van der Waals surface area contributed by atoms with Crippen LogP contribution in [0.4, 0.5) is 0 Å². The Morgan fingerprint density at radius 1 is 1.03 bits per heavy atom. The minimum absolute atomic E-state index is 0.00777. The highest BCUT2D eigenvalue weighted by molar-refractivity contribution is 7.89. The average molecular weight is 480 g/mol. The quantitative estimate of drug-likeness (QED) is 0.401. The summed E-state index contributed by atoms with van der Waals surface area (Å²) in [5.74, 6) is -0.148. The molecule has 0 saturated carbocycles. The number of methoxy groups -OCH3 is 1. The third kappa shape index (κ3) is 3.68. The van der Waals surface area contributed by atoms with Crippen molar-refractivity contribution in [1.29, 1.82) is 0 Å². The topological polar surface area (TPSA) is 120 Å². The predicted molar refractivity (Wildman–Crippen MR) is 121 cm³/mol. The van der Waals surface area contributed by atoms with Crippen LogP contribution in [0.15, 0.2) is 63.9 Å². The zero-order valence-corrected chi connectivity index (χ0v) is 19.3. The highest BCUT2D eigenvalue weighted by Crippen LogP contribution is 2.33. The van der Waals surface area contributed by atoms with Gasteiger partial charge in [0, 0.05) is 43.4 Å². The Morgan fingerprint density at radius 3 is 2.50 bits per heavy atom. The van der Waals surface area contributed by atoms with Crippen molar-refractivity contribution in [3.63, 3.8) is 0 Å². The lowest BCUT2D eigenvalue weighted by Crippen LogP contribution is -2.37. The maximum Gasteiger partial charge on any atom is 0.339 e. The average Bonchev–Trinajstić information content (AvgIpc) is 3.49. The number of aromatic nitrogens is 4. The molecule has 0 N–H and O–H groups in total. The van der Waals surface area contributed by atoms with Crippen molar-refractivity contribution in [2.75, 3.05) is 13.7 Å². The summed E-state index contributed by atoms with van der Waals surface area (Å²) < 4.78 is 40.7. The lowest BCUT2D eigenvalue weighted by Gasteiger charge is -2.27. The smallest absolute Gasteiger partial charge is 0.339 e. The summed E-state index contributed by atoms with van der Waals surface area (Å²) in [5, 5.41) is 12.8. The maximum absolute atomic E-state index is 13.5. The number of aryl methyl sites for hydroxylation is 1. The molecule has 4 aromatic rings. The van der Waals surface area contributed by atoms with Crippen molar-refractivity contribution in [1.82, 2.24) is 24.3 Å². The Labute approximate surface area is 195 Å². The fraction of sp³-hybridized carbons (Fsp3) is 0.217. The number of carbonyl (C=O) groups is 1. The number of nitrogens with zero attached hydrogens (tertiary/aromatic N) is 5. The van der Waals surface area contributed by atoms with E-state index in [1.165, 1.54) is 23.5 Å². The fourth-order valence-electron chi connectivity index (χ4n) is 4.07. The van der Waals surface area contributed by atoms with Gasteiger partial charge in [0.05, 0.1) is 17.6 Å². The Kier molecular flexibility index (Phi) is 5.50. The van der Waals surface area contributed by atoms with Crippen LogP contribution in [0.25, 0.3) is 23.0 Å². The number of sulfonamides is 1. The van der Waals surface area contributed by atoms with Gasteiger partial charge in [0.15, 0.2) is 5.69 Å². The molecule has 3 heterocycles. The highest BCUT2D eigenvalue weighted by atomic mass is 32.2. The minimum Gasteiger partial charge on any atom is -0.465 e. The number of fused-ring (bicyclic) bond motifs is 1. The molecule has 11 heteroatoms. The predicted octanol–water partition coefficient (Wildman–Crippen LogP) is 2.67. The molecule has 1 aliphatic rings. The summed E-state index contributed by atoms with van der Waals surface area (Å²) in [5.41, 5.74) is 2.79. The number of rotatable bonds is 5. The number of hydrogen-bond acceptors (Lipinski definition) is 8. The van der Waals surface area contributed by atoms with Gasteiger partial charge in [-0.1, -0.05) is 30.3 Å². The van der Waals surface area contributed by atoms with Crippen LogP contribution in [0.3, 0.4) is 0 Å². The Morgan fingerprint density at radius 2 is 1.74 bits per heavy atom. The molecule has 0 aliphatic carbocycles. The lowest BCUT2D eigenvalue weighted by molar-refractivity contribution is 0.0596. The first kappa shape index (κ1) is 22.0. The van der Waals surface area contributed by atoms with Crippen LogP contribution >= 0.6 is 0 Å². The molecule has 0 spiro atoms. The zero-order chi connectivity index (χ0) is 23.9. The second kappa shape index (κ2) is 8.50. The molecule has 34 heavy (non-hydrogen) atoms. The Hall–Kier alpha value is -3.83. The van der Waals surface area contributed by atoms with E-state index in [2.05, 4.69) is 15.3 Å². The fourth-order valence-corrected chi connectivity index (χ4v) is 5.66. The molecule has 0 radical (unpaired) electrons. The largest absolute Gasteiger partial charge is 0.465 e. The standard InChI is InChI=1S/C23H21N5O5S/c1-27-18-12-13-28(34(30,31)19-11-7-6-10-16(19)23(29)32-2)14-17(18)20(26-27)22-25-24-21(33-22)15-8-4-3-5-9-15/h3-11H,12-14H2,1-2H3. The van der Waals surface area contributed by atoms with Crippen molar-refractivity contribution >= 4 is 16.0 Å². The Balaban J connectivity index is 1.51. The molecular formula is C23H21N5O5S. The van der Waals surface area contributed by atoms with E-state index in [1.54, 1.807) is 23.9 Å². The zero-order valence-electron chi connectivity index (χ0n) is 18.5. The van der Waals surface area contributed by atoms with Gasteiger partial charge in [-0.25, -0.2) is 13.2 Å². The molecule has 10 nitrogen and oxygen atoms in total. The highest BCUT2D eigenvalue weighted by Gasteiger charge is 2.35. The van der Waals surface area contributed by atoms with Crippen LogP contribution in [-0.2, 0) is 34.8 Å². The molecule has 174 valence electrons. The van der Waals surface area contributed by atoms with Crippen molar-refractivity contribution in [2.45, 2.75) is 17.9 Å². The number of benzene rings is 2. The van der Waals surface area contributed by atoms with E-state index in [1.807, 2.05) is 30.3 Å². The van der Waals surface area contributed by atoms with Gasteiger partial charge in [-0.15, -0.1) is 10.2 Å². The number of carbonyl (C=O) groups excluding carboxylic acids is 1. The normalized spacial score (nSPS) is 14.1. The van der Waals surface area contributed by atoms with Crippen LogP contribution < -0.4 is 0 Å². The van der Waals surface area contributed by atoms with E-state index in [4.69, 9.17) is 9.15 Å². The van der Waals surface area contributed by atoms with Gasteiger partial charge < -0.3 is 9.15 Å². The van der Waals surface area contributed by atoms with Crippen molar-refractivity contribution in [2.24, 2.45) is 7.05 Å². The van der Waals surface area contributed by atoms with Gasteiger partial charge in [-0.05, 0) is 24.3 Å². The van der Waals surface area contributed by atoms with Gasteiger partial charge >= 0.3 is 5.97 Å². The summed E-state index contributed by atoms with van der Waals surface area (Å²) in [6.07, 6.45) is 0.443. The summed E-state index contributed by atoms with van der Waals surface area (Å²) in [4.78, 5) is 12.1. The van der Waals surface area contributed by atoms with E-state index in [0.29, 0.717) is 23.6 Å². The molecule has 0 saturated heterocycles. The second-order valence-corrected chi connectivity index (χ2v) is 9.66. The van der Waals surface area contributed by atoms with Gasteiger partial charge in [-0.3, -0.25) is 4.68 Å². The molecule has 0 amide bonds. The molecule has 2 aromatic heterocycles. The summed E-state index contributed by atoms with van der Waals surface area (Å²) >= 11 is 0. The lowest BCUT2D eigenvalue weighted by atomic mass is 10.1. The maximum atomic E-state index is 13.5. The van der Waals surface area contributed by atoms with Crippen LogP contribution in [0.5, 0.6) is 0 Å². The van der Waals surface area contributed by atoms with Crippen LogP contribution in [0, 0.1) is 0 Å². The summed E-state index contributed by atoms with van der Waals surface area (Å²) in [6.45, 7) is 0.294. The van der Waals surface area contributed by atoms with E-state index >= 15 is 0 Å². The third-order valence-electron chi connectivity index (χ3n) is 5.77. The van der Waals surface area contributed by atoms with Crippen LogP contribution in [-0.4, -0.2) is 52.3 Å². The monoisotopic (exact) mass is 479 g/mol.